The van der Waals surface area contributed by atoms with Crippen LogP contribution in [0, 0.1) is 30.4 Å². The van der Waals surface area contributed by atoms with E-state index in [4.69, 9.17) is 0 Å². The summed E-state index contributed by atoms with van der Waals surface area (Å²) in [5, 5.41) is 0. The van der Waals surface area contributed by atoms with E-state index in [2.05, 4.69) is 10.7 Å². The van der Waals surface area contributed by atoms with E-state index in [0.29, 0.717) is 5.56 Å². The van der Waals surface area contributed by atoms with Crippen LogP contribution in [0.25, 0.3) is 0 Å². The van der Waals surface area contributed by atoms with E-state index < -0.39 is 23.2 Å². The van der Waals surface area contributed by atoms with Gasteiger partial charge in [0, 0.05) is 5.92 Å². The average Bonchev–Trinajstić information content (AvgIpc) is 2.15. The van der Waals surface area contributed by atoms with Crippen molar-refractivity contribution >= 4 is 5.97 Å². The van der Waals surface area contributed by atoms with Crippen LogP contribution in [0.1, 0.15) is 11.1 Å². The van der Waals surface area contributed by atoms with Gasteiger partial charge in [-0.3, -0.25) is 0 Å². The van der Waals surface area contributed by atoms with Crippen molar-refractivity contribution < 1.29 is 18.3 Å². The highest BCUT2D eigenvalue weighted by Crippen LogP contribution is 2.13. The predicted octanol–water partition coefficient (Wildman–Crippen LogP) is 1.80. The minimum atomic E-state index is -0.839. The maximum absolute atomic E-state index is 13.2. The zero-order valence-corrected chi connectivity index (χ0v) is 8.23. The Balaban J connectivity index is 3.14. The molecule has 0 aliphatic heterocycles. The van der Waals surface area contributed by atoms with Crippen LogP contribution in [-0.4, -0.2) is 13.1 Å². The van der Waals surface area contributed by atoms with Crippen LogP contribution in [-0.2, 0) is 9.53 Å². The highest BCUT2D eigenvalue weighted by atomic mass is 19.1. The van der Waals surface area contributed by atoms with Gasteiger partial charge in [-0.2, -0.15) is 0 Å². The number of aryl methyl sites for hydroxylation is 1. The SMILES string of the molecule is COC(=O)C#Cc1c(F)cc(C)cc1F. The standard InChI is InChI=1S/C11H8F2O2/c1-7-5-9(12)8(10(13)6-7)3-4-11(14)15-2/h5-6H,1-2H3. The van der Waals surface area contributed by atoms with E-state index in [1.807, 2.05) is 5.92 Å². The number of esters is 1. The summed E-state index contributed by atoms with van der Waals surface area (Å²) in [6.07, 6.45) is 0. The molecule has 15 heavy (non-hydrogen) atoms. The molecule has 0 radical (unpaired) electrons. The Kier molecular flexibility index (Phi) is 3.40. The van der Waals surface area contributed by atoms with Gasteiger partial charge in [-0.05, 0) is 30.5 Å². The molecule has 1 rings (SSSR count). The molecule has 0 spiro atoms. The zero-order valence-electron chi connectivity index (χ0n) is 8.23. The fraction of sp³-hybridized carbons (Fsp3) is 0.182. The third-order valence-corrected chi connectivity index (χ3v) is 1.66. The first-order valence-corrected chi connectivity index (χ1v) is 4.10. The van der Waals surface area contributed by atoms with Crippen LogP contribution >= 0.6 is 0 Å². The molecule has 0 aliphatic rings. The number of carbonyl (C=O) groups is 1. The van der Waals surface area contributed by atoms with Crippen molar-refractivity contribution in [1.82, 2.24) is 0 Å². The number of rotatable bonds is 0. The molecule has 0 aliphatic carbocycles. The molecule has 4 heteroatoms. The first-order valence-electron chi connectivity index (χ1n) is 4.10. The third kappa shape index (κ3) is 2.78. The van der Waals surface area contributed by atoms with Crippen molar-refractivity contribution in [1.29, 1.82) is 0 Å². The number of methoxy groups -OCH3 is 1. The summed E-state index contributed by atoms with van der Waals surface area (Å²) in [5.41, 5.74) is 0.0274. The van der Waals surface area contributed by atoms with E-state index in [9.17, 15) is 13.6 Å². The van der Waals surface area contributed by atoms with Crippen molar-refractivity contribution in [2.24, 2.45) is 0 Å². The minimum absolute atomic E-state index is 0.425. The van der Waals surface area contributed by atoms with Gasteiger partial charge in [0.1, 0.15) is 11.6 Å². The van der Waals surface area contributed by atoms with Gasteiger partial charge in [0.05, 0.1) is 12.7 Å². The lowest BCUT2D eigenvalue weighted by Gasteiger charge is -1.98. The van der Waals surface area contributed by atoms with Crippen LogP contribution in [0.5, 0.6) is 0 Å². The summed E-state index contributed by atoms with van der Waals surface area (Å²) in [7, 11) is 1.14. The number of hydrogen-bond acceptors (Lipinski definition) is 2. The molecular weight excluding hydrogens is 202 g/mol. The smallest absolute Gasteiger partial charge is 0.384 e. The molecular formula is C11H8F2O2. The normalized spacial score (nSPS) is 9.07. The zero-order chi connectivity index (χ0) is 11.4. The summed E-state index contributed by atoms with van der Waals surface area (Å²) in [4.78, 5) is 10.6. The molecule has 78 valence electrons. The van der Waals surface area contributed by atoms with Crippen molar-refractivity contribution in [2.75, 3.05) is 7.11 Å². The molecule has 0 unspecified atom stereocenters. The van der Waals surface area contributed by atoms with Crippen molar-refractivity contribution in [2.45, 2.75) is 6.92 Å². The summed E-state index contributed by atoms with van der Waals surface area (Å²) in [5.74, 6) is 1.63. The second-order valence-corrected chi connectivity index (χ2v) is 2.85. The van der Waals surface area contributed by atoms with E-state index >= 15 is 0 Å². The summed E-state index contributed by atoms with van der Waals surface area (Å²) in [6, 6.07) is 2.29. The molecule has 0 aromatic heterocycles. The molecule has 0 amide bonds. The van der Waals surface area contributed by atoms with Crippen molar-refractivity contribution in [3.8, 4) is 11.8 Å². The first-order chi connectivity index (χ1) is 7.04. The van der Waals surface area contributed by atoms with Crippen LogP contribution in [0.15, 0.2) is 12.1 Å². The van der Waals surface area contributed by atoms with E-state index in [-0.39, 0.29) is 0 Å². The fourth-order valence-corrected chi connectivity index (χ4v) is 0.984. The predicted molar refractivity (Wildman–Crippen MR) is 50.0 cm³/mol. The van der Waals surface area contributed by atoms with E-state index in [1.165, 1.54) is 0 Å². The molecule has 0 bridgehead atoms. The second-order valence-electron chi connectivity index (χ2n) is 2.85. The third-order valence-electron chi connectivity index (χ3n) is 1.66. The van der Waals surface area contributed by atoms with Gasteiger partial charge >= 0.3 is 5.97 Å². The van der Waals surface area contributed by atoms with Gasteiger partial charge in [-0.25, -0.2) is 13.6 Å². The van der Waals surface area contributed by atoms with Crippen molar-refractivity contribution in [3.05, 3.63) is 34.9 Å². The average molecular weight is 210 g/mol. The second kappa shape index (κ2) is 4.56. The lowest BCUT2D eigenvalue weighted by atomic mass is 10.1. The van der Waals surface area contributed by atoms with Gasteiger partial charge in [0.25, 0.3) is 0 Å². The highest BCUT2D eigenvalue weighted by molar-refractivity contribution is 5.89. The number of halogens is 2. The van der Waals surface area contributed by atoms with Crippen LogP contribution < -0.4 is 0 Å². The quantitative estimate of drug-likeness (QED) is 0.482. The highest BCUT2D eigenvalue weighted by Gasteiger charge is 2.07. The molecule has 1 aromatic carbocycles. The largest absolute Gasteiger partial charge is 0.459 e. The molecule has 1 aromatic rings. The first kappa shape index (κ1) is 11.2. The minimum Gasteiger partial charge on any atom is -0.459 e. The number of carbonyl (C=O) groups excluding carboxylic acids is 1. The Labute approximate surface area is 85.9 Å². The van der Waals surface area contributed by atoms with Crippen molar-refractivity contribution in [3.63, 3.8) is 0 Å². The van der Waals surface area contributed by atoms with Gasteiger partial charge in [-0.15, -0.1) is 0 Å². The summed E-state index contributed by atoms with van der Waals surface area (Å²) in [6.45, 7) is 1.56. The Morgan fingerprint density at radius 3 is 2.33 bits per heavy atom. The molecule has 0 N–H and O–H groups in total. The summed E-state index contributed by atoms with van der Waals surface area (Å²) < 4.78 is 30.6. The monoisotopic (exact) mass is 210 g/mol. The van der Waals surface area contributed by atoms with Crippen LogP contribution in [0.4, 0.5) is 8.78 Å². The molecule has 0 saturated carbocycles. The van der Waals surface area contributed by atoms with Gasteiger partial charge < -0.3 is 4.74 Å². The Morgan fingerprint density at radius 2 is 1.87 bits per heavy atom. The van der Waals surface area contributed by atoms with Gasteiger partial charge in [0.15, 0.2) is 0 Å². The van der Waals surface area contributed by atoms with E-state index in [1.54, 1.807) is 6.92 Å². The molecule has 0 fully saturated rings. The Hall–Kier alpha value is -1.89. The van der Waals surface area contributed by atoms with Crippen LogP contribution in [0.2, 0.25) is 0 Å². The molecule has 0 saturated heterocycles. The molecule has 0 atom stereocenters. The Morgan fingerprint density at radius 1 is 1.33 bits per heavy atom. The number of hydrogen-bond donors (Lipinski definition) is 0. The summed E-state index contributed by atoms with van der Waals surface area (Å²) >= 11 is 0. The number of benzene rings is 1. The lowest BCUT2D eigenvalue weighted by Crippen LogP contribution is -1.96. The molecule has 2 nitrogen and oxygen atoms in total. The topological polar surface area (TPSA) is 26.3 Å². The lowest BCUT2D eigenvalue weighted by molar-refractivity contribution is -0.133. The maximum atomic E-state index is 13.2. The number of ether oxygens (including phenoxy) is 1. The van der Waals surface area contributed by atoms with Gasteiger partial charge in [-0.1, -0.05) is 0 Å². The molecule has 0 heterocycles. The van der Waals surface area contributed by atoms with Gasteiger partial charge in [0.2, 0.25) is 0 Å². The fourth-order valence-electron chi connectivity index (χ4n) is 0.984. The van der Waals surface area contributed by atoms with Crippen LogP contribution in [0.3, 0.4) is 0 Å². The Bertz CT molecular complexity index is 432. The van der Waals surface area contributed by atoms with E-state index in [0.717, 1.165) is 19.2 Å². The maximum Gasteiger partial charge on any atom is 0.384 e.